The summed E-state index contributed by atoms with van der Waals surface area (Å²) in [6, 6.07) is 1.70. The van der Waals surface area contributed by atoms with E-state index >= 15 is 0 Å². The predicted molar refractivity (Wildman–Crippen MR) is 77.9 cm³/mol. The maximum atomic E-state index is 12.3. The fraction of sp³-hybridized carbons (Fsp3) is 0.583. The van der Waals surface area contributed by atoms with Crippen LogP contribution in [0.5, 0.6) is 0 Å². The summed E-state index contributed by atoms with van der Waals surface area (Å²) in [5.74, 6) is -1.57. The molecule has 0 spiro atoms. The van der Waals surface area contributed by atoms with E-state index in [-0.39, 0.29) is 38.6 Å². The first-order chi connectivity index (χ1) is 10.3. The largest absolute Gasteiger partial charge is 0.369 e. The number of carbonyl (C=O) groups is 2. The van der Waals surface area contributed by atoms with E-state index in [0.717, 1.165) is 6.26 Å². The molecule has 1 aliphatic heterocycles. The molecule has 122 valence electrons. The van der Waals surface area contributed by atoms with Crippen LogP contribution >= 0.6 is 0 Å². The molecule has 1 atom stereocenters. The van der Waals surface area contributed by atoms with Crippen molar-refractivity contribution in [1.82, 2.24) is 19.0 Å². The Bertz CT molecular complexity index is 642. The quantitative estimate of drug-likeness (QED) is 0.691. The Morgan fingerprint density at radius 2 is 2.05 bits per heavy atom. The number of sulfonamides is 1. The van der Waals surface area contributed by atoms with Crippen molar-refractivity contribution in [3.63, 3.8) is 0 Å². The lowest BCUT2D eigenvalue weighted by Crippen LogP contribution is -2.41. The summed E-state index contributed by atoms with van der Waals surface area (Å²) in [7, 11) is -3.44. The summed E-state index contributed by atoms with van der Waals surface area (Å²) >= 11 is 0. The molecule has 0 aliphatic carbocycles. The Labute approximate surface area is 128 Å². The molecule has 1 saturated heterocycles. The van der Waals surface area contributed by atoms with Gasteiger partial charge in [0, 0.05) is 38.6 Å². The second-order valence-corrected chi connectivity index (χ2v) is 7.25. The zero-order valence-electron chi connectivity index (χ0n) is 12.3. The number of carbonyl (C=O) groups excluding carboxylic acids is 2. The van der Waals surface area contributed by atoms with Gasteiger partial charge in [-0.2, -0.15) is 9.40 Å². The van der Waals surface area contributed by atoms with E-state index in [1.165, 1.54) is 13.9 Å². The van der Waals surface area contributed by atoms with E-state index in [1.54, 1.807) is 18.5 Å². The molecule has 0 radical (unpaired) electrons. The molecule has 22 heavy (non-hydrogen) atoms. The van der Waals surface area contributed by atoms with Crippen molar-refractivity contribution in [3.05, 3.63) is 18.5 Å². The second-order valence-electron chi connectivity index (χ2n) is 5.26. The average molecular weight is 329 g/mol. The van der Waals surface area contributed by atoms with E-state index in [4.69, 9.17) is 5.73 Å². The molecule has 1 aliphatic rings. The average Bonchev–Trinajstić information content (AvgIpc) is 2.79. The second kappa shape index (κ2) is 6.44. The molecule has 1 aromatic heterocycles. The Morgan fingerprint density at radius 3 is 2.59 bits per heavy atom. The minimum atomic E-state index is -3.44. The topological polar surface area (TPSA) is 119 Å². The third-order valence-electron chi connectivity index (χ3n) is 3.56. The van der Waals surface area contributed by atoms with Crippen LogP contribution in [0.25, 0.3) is 0 Å². The van der Waals surface area contributed by atoms with Crippen LogP contribution in [0.1, 0.15) is 0 Å². The minimum absolute atomic E-state index is 0.000281. The van der Waals surface area contributed by atoms with Crippen molar-refractivity contribution >= 4 is 21.8 Å². The van der Waals surface area contributed by atoms with Gasteiger partial charge in [0.25, 0.3) is 0 Å². The molecule has 0 saturated carbocycles. The van der Waals surface area contributed by atoms with Crippen molar-refractivity contribution in [1.29, 1.82) is 0 Å². The Kier molecular flexibility index (Phi) is 4.81. The highest BCUT2D eigenvalue weighted by molar-refractivity contribution is 7.88. The van der Waals surface area contributed by atoms with Crippen LogP contribution in [0.2, 0.25) is 0 Å². The van der Waals surface area contributed by atoms with Crippen LogP contribution in [-0.2, 0) is 26.2 Å². The SMILES string of the molecule is CS(=O)(=O)N1CCN(C(=O)Cn2cccn2)CC(C(N)=O)C1. The number of rotatable bonds is 4. The van der Waals surface area contributed by atoms with Gasteiger partial charge in [0.2, 0.25) is 21.8 Å². The molecule has 2 N–H and O–H groups in total. The van der Waals surface area contributed by atoms with Gasteiger partial charge in [0.15, 0.2) is 0 Å². The van der Waals surface area contributed by atoms with Crippen molar-refractivity contribution < 1.29 is 18.0 Å². The molecule has 1 aromatic rings. The van der Waals surface area contributed by atoms with E-state index in [9.17, 15) is 18.0 Å². The number of nitrogens with zero attached hydrogens (tertiary/aromatic N) is 4. The van der Waals surface area contributed by atoms with Gasteiger partial charge in [-0.15, -0.1) is 0 Å². The number of nitrogens with two attached hydrogens (primary N) is 1. The molecule has 2 rings (SSSR count). The maximum Gasteiger partial charge on any atom is 0.244 e. The zero-order chi connectivity index (χ0) is 16.3. The normalized spacial score (nSPS) is 20.6. The third-order valence-corrected chi connectivity index (χ3v) is 4.83. The van der Waals surface area contributed by atoms with Gasteiger partial charge in [0.1, 0.15) is 6.54 Å². The maximum absolute atomic E-state index is 12.3. The van der Waals surface area contributed by atoms with Gasteiger partial charge in [-0.3, -0.25) is 14.3 Å². The summed E-state index contributed by atoms with van der Waals surface area (Å²) in [5, 5.41) is 3.95. The van der Waals surface area contributed by atoms with E-state index in [1.807, 2.05) is 0 Å². The smallest absolute Gasteiger partial charge is 0.244 e. The first-order valence-corrected chi connectivity index (χ1v) is 8.62. The first-order valence-electron chi connectivity index (χ1n) is 6.77. The van der Waals surface area contributed by atoms with Gasteiger partial charge in [-0.05, 0) is 6.07 Å². The lowest BCUT2D eigenvalue weighted by molar-refractivity contribution is -0.133. The summed E-state index contributed by atoms with van der Waals surface area (Å²) in [6.45, 7) is 0.517. The highest BCUT2D eigenvalue weighted by Gasteiger charge is 2.32. The lowest BCUT2D eigenvalue weighted by Gasteiger charge is -2.22. The van der Waals surface area contributed by atoms with Gasteiger partial charge < -0.3 is 10.6 Å². The van der Waals surface area contributed by atoms with Crippen molar-refractivity contribution in [2.75, 3.05) is 32.4 Å². The number of amides is 2. The molecule has 10 heteroatoms. The van der Waals surface area contributed by atoms with Crippen LogP contribution in [-0.4, -0.2) is 71.7 Å². The zero-order valence-corrected chi connectivity index (χ0v) is 13.1. The highest BCUT2D eigenvalue weighted by Crippen LogP contribution is 2.13. The summed E-state index contributed by atoms with van der Waals surface area (Å²) in [6.07, 6.45) is 4.30. The fourth-order valence-corrected chi connectivity index (χ4v) is 3.19. The van der Waals surface area contributed by atoms with Crippen molar-refractivity contribution in [2.24, 2.45) is 11.7 Å². The fourth-order valence-electron chi connectivity index (χ4n) is 2.32. The van der Waals surface area contributed by atoms with E-state index in [2.05, 4.69) is 5.10 Å². The van der Waals surface area contributed by atoms with Gasteiger partial charge in [-0.25, -0.2) is 8.42 Å². The number of hydrogen-bond acceptors (Lipinski definition) is 5. The van der Waals surface area contributed by atoms with Crippen LogP contribution < -0.4 is 5.73 Å². The molecular weight excluding hydrogens is 310 g/mol. The van der Waals surface area contributed by atoms with Gasteiger partial charge in [0.05, 0.1) is 12.2 Å². The van der Waals surface area contributed by atoms with E-state index in [0.29, 0.717) is 0 Å². The van der Waals surface area contributed by atoms with Gasteiger partial charge in [-0.1, -0.05) is 0 Å². The Balaban J connectivity index is 2.12. The lowest BCUT2D eigenvalue weighted by atomic mass is 10.1. The molecule has 2 heterocycles. The number of primary amides is 1. The molecule has 1 unspecified atom stereocenters. The number of aromatic nitrogens is 2. The molecule has 1 fully saturated rings. The summed E-state index contributed by atoms with van der Waals surface area (Å²) in [4.78, 5) is 25.3. The van der Waals surface area contributed by atoms with Crippen LogP contribution in [0.4, 0.5) is 0 Å². The first kappa shape index (κ1) is 16.4. The van der Waals surface area contributed by atoms with Crippen LogP contribution in [0.15, 0.2) is 18.5 Å². The Morgan fingerprint density at radius 1 is 1.32 bits per heavy atom. The van der Waals surface area contributed by atoms with E-state index < -0.39 is 21.8 Å². The highest BCUT2D eigenvalue weighted by atomic mass is 32.2. The predicted octanol–water partition coefficient (Wildman–Crippen LogP) is -1.91. The van der Waals surface area contributed by atoms with Crippen molar-refractivity contribution in [3.8, 4) is 0 Å². The molecule has 9 nitrogen and oxygen atoms in total. The summed E-state index contributed by atoms with van der Waals surface area (Å²) in [5.41, 5.74) is 5.32. The Hall–Kier alpha value is -1.94. The monoisotopic (exact) mass is 329 g/mol. The summed E-state index contributed by atoms with van der Waals surface area (Å²) < 4.78 is 26.0. The number of hydrogen-bond donors (Lipinski definition) is 1. The molecule has 0 bridgehead atoms. The molecule has 2 amide bonds. The minimum Gasteiger partial charge on any atom is -0.369 e. The molecular formula is C12H19N5O4S. The van der Waals surface area contributed by atoms with Crippen molar-refractivity contribution in [2.45, 2.75) is 6.54 Å². The standard InChI is InChI=1S/C12H19N5O4S/c1-22(20,21)17-6-5-15(7-10(8-17)12(13)19)11(18)9-16-4-2-3-14-16/h2-4,10H,5-9H2,1H3,(H2,13,19). The van der Waals surface area contributed by atoms with Crippen LogP contribution in [0, 0.1) is 5.92 Å². The van der Waals surface area contributed by atoms with Crippen LogP contribution in [0.3, 0.4) is 0 Å². The third kappa shape index (κ3) is 4.04. The molecule has 0 aromatic carbocycles. The van der Waals surface area contributed by atoms with Gasteiger partial charge >= 0.3 is 0 Å².